The number of rotatable bonds is 4. The highest BCUT2D eigenvalue weighted by molar-refractivity contribution is 5.66. The van der Waals surface area contributed by atoms with Crippen molar-refractivity contribution in [1.82, 2.24) is 4.90 Å². The molecule has 16 heavy (non-hydrogen) atoms. The molecule has 0 aromatic heterocycles. The Balaban J connectivity index is 2.47. The van der Waals surface area contributed by atoms with E-state index in [9.17, 15) is 4.79 Å². The third kappa shape index (κ3) is 3.46. The molecule has 1 heterocycles. The molecule has 94 valence electrons. The van der Waals surface area contributed by atoms with Gasteiger partial charge in [0.15, 0.2) is 0 Å². The normalized spacial score (nSPS) is 31.4. The predicted octanol–water partition coefficient (Wildman–Crippen LogP) is 1.29. The highest BCUT2D eigenvalue weighted by Gasteiger charge is 2.33. The van der Waals surface area contributed by atoms with Crippen molar-refractivity contribution in [3.8, 4) is 0 Å². The molecule has 4 heteroatoms. The van der Waals surface area contributed by atoms with Crippen molar-refractivity contribution in [2.75, 3.05) is 26.8 Å². The van der Waals surface area contributed by atoms with Crippen molar-refractivity contribution in [1.29, 1.82) is 0 Å². The summed E-state index contributed by atoms with van der Waals surface area (Å²) >= 11 is 0. The van der Waals surface area contributed by atoms with Crippen LogP contribution in [0.4, 0.5) is 0 Å². The molecule has 3 atom stereocenters. The van der Waals surface area contributed by atoms with E-state index in [1.807, 2.05) is 0 Å². The van der Waals surface area contributed by atoms with Gasteiger partial charge in [0.05, 0.1) is 6.61 Å². The summed E-state index contributed by atoms with van der Waals surface area (Å²) < 4.78 is 10.4. The summed E-state index contributed by atoms with van der Waals surface area (Å²) in [5.41, 5.74) is 0. The Kier molecular flexibility index (Phi) is 5.22. The van der Waals surface area contributed by atoms with E-state index in [4.69, 9.17) is 9.47 Å². The Morgan fingerprint density at radius 3 is 2.69 bits per heavy atom. The summed E-state index contributed by atoms with van der Waals surface area (Å²) in [5.74, 6) is 0.212. The molecule has 0 saturated carbocycles. The summed E-state index contributed by atoms with van der Waals surface area (Å²) in [6.45, 7) is 8.51. The smallest absolute Gasteiger partial charge is 0.302 e. The van der Waals surface area contributed by atoms with E-state index in [0.717, 1.165) is 26.1 Å². The average Bonchev–Trinajstić information content (AvgIpc) is 2.23. The zero-order valence-electron chi connectivity index (χ0n) is 10.7. The van der Waals surface area contributed by atoms with Crippen LogP contribution in [0.15, 0.2) is 0 Å². The zero-order valence-corrected chi connectivity index (χ0v) is 10.7. The van der Waals surface area contributed by atoms with E-state index in [1.165, 1.54) is 6.92 Å². The molecular weight excluding hydrogens is 206 g/mol. The Morgan fingerprint density at radius 1 is 1.44 bits per heavy atom. The molecule has 1 rings (SSSR count). The largest absolute Gasteiger partial charge is 0.462 e. The standard InChI is InChI=1S/C12H23NO3/c1-9-10(2)13(7-8-15-4)6-5-12(9)16-11(3)14/h9-10,12H,5-8H2,1-4H3/t9-,10+,12-/m0/s1. The lowest BCUT2D eigenvalue weighted by atomic mass is 9.89. The highest BCUT2D eigenvalue weighted by Crippen LogP contribution is 2.25. The molecule has 0 spiro atoms. The Morgan fingerprint density at radius 2 is 2.12 bits per heavy atom. The van der Waals surface area contributed by atoms with Crippen LogP contribution in [0, 0.1) is 5.92 Å². The molecule has 4 nitrogen and oxygen atoms in total. The summed E-state index contributed by atoms with van der Waals surface area (Å²) in [6, 6.07) is 0.438. The molecular formula is C12H23NO3. The first-order valence-corrected chi connectivity index (χ1v) is 5.96. The molecule has 0 amide bonds. The van der Waals surface area contributed by atoms with Gasteiger partial charge < -0.3 is 9.47 Å². The summed E-state index contributed by atoms with van der Waals surface area (Å²) in [7, 11) is 1.72. The number of hydrogen-bond acceptors (Lipinski definition) is 4. The molecule has 0 aromatic carbocycles. The second kappa shape index (κ2) is 6.21. The quantitative estimate of drug-likeness (QED) is 0.681. The van der Waals surface area contributed by atoms with E-state index in [2.05, 4.69) is 18.7 Å². The van der Waals surface area contributed by atoms with Crippen LogP contribution in [0.25, 0.3) is 0 Å². The van der Waals surface area contributed by atoms with Crippen molar-refractivity contribution in [2.45, 2.75) is 39.3 Å². The lowest BCUT2D eigenvalue weighted by Gasteiger charge is -2.41. The SMILES string of the molecule is COCCN1CC[C@H](OC(C)=O)[C@@H](C)[C@H]1C. The highest BCUT2D eigenvalue weighted by atomic mass is 16.5. The minimum atomic E-state index is -0.172. The van der Waals surface area contributed by atoms with Gasteiger partial charge in [0, 0.05) is 39.1 Å². The zero-order chi connectivity index (χ0) is 12.1. The fourth-order valence-corrected chi connectivity index (χ4v) is 2.31. The number of ether oxygens (including phenoxy) is 2. The van der Waals surface area contributed by atoms with Crippen molar-refractivity contribution >= 4 is 5.97 Å². The van der Waals surface area contributed by atoms with Gasteiger partial charge in [-0.25, -0.2) is 0 Å². The molecule has 0 aromatic rings. The molecule has 0 unspecified atom stereocenters. The minimum absolute atomic E-state index is 0.0753. The summed E-state index contributed by atoms with van der Waals surface area (Å²) in [6.07, 6.45) is 1.00. The summed E-state index contributed by atoms with van der Waals surface area (Å²) in [5, 5.41) is 0. The molecule has 1 fully saturated rings. The second-order valence-electron chi connectivity index (χ2n) is 4.57. The number of likely N-dealkylation sites (tertiary alicyclic amines) is 1. The molecule has 1 saturated heterocycles. The van der Waals surface area contributed by atoms with Gasteiger partial charge >= 0.3 is 5.97 Å². The Hall–Kier alpha value is -0.610. The van der Waals surface area contributed by atoms with Crippen LogP contribution in [0.3, 0.4) is 0 Å². The number of esters is 1. The van der Waals surface area contributed by atoms with Gasteiger partial charge in [0.1, 0.15) is 6.10 Å². The lowest BCUT2D eigenvalue weighted by molar-refractivity contribution is -0.153. The fourth-order valence-electron chi connectivity index (χ4n) is 2.31. The van der Waals surface area contributed by atoms with Crippen LogP contribution in [-0.4, -0.2) is 49.8 Å². The van der Waals surface area contributed by atoms with Gasteiger partial charge in [-0.15, -0.1) is 0 Å². The van der Waals surface area contributed by atoms with Gasteiger partial charge in [0.2, 0.25) is 0 Å². The van der Waals surface area contributed by atoms with Crippen molar-refractivity contribution < 1.29 is 14.3 Å². The van der Waals surface area contributed by atoms with Crippen LogP contribution >= 0.6 is 0 Å². The molecule has 0 radical (unpaired) electrons. The van der Waals surface area contributed by atoms with E-state index in [-0.39, 0.29) is 12.1 Å². The number of nitrogens with zero attached hydrogens (tertiary/aromatic N) is 1. The van der Waals surface area contributed by atoms with Gasteiger partial charge in [-0.2, -0.15) is 0 Å². The average molecular weight is 229 g/mol. The van der Waals surface area contributed by atoms with E-state index >= 15 is 0 Å². The van der Waals surface area contributed by atoms with E-state index in [1.54, 1.807) is 7.11 Å². The third-order valence-electron chi connectivity index (χ3n) is 3.52. The number of carbonyl (C=O) groups is 1. The predicted molar refractivity (Wildman–Crippen MR) is 62.2 cm³/mol. The van der Waals surface area contributed by atoms with Crippen molar-refractivity contribution in [2.24, 2.45) is 5.92 Å². The first-order chi connectivity index (χ1) is 7.56. The molecule has 1 aliphatic rings. The van der Waals surface area contributed by atoms with Gasteiger partial charge in [0.25, 0.3) is 0 Å². The number of piperidine rings is 1. The maximum absolute atomic E-state index is 11.0. The minimum Gasteiger partial charge on any atom is -0.462 e. The molecule has 0 bridgehead atoms. The number of methoxy groups -OCH3 is 1. The maximum Gasteiger partial charge on any atom is 0.302 e. The monoisotopic (exact) mass is 229 g/mol. The third-order valence-corrected chi connectivity index (χ3v) is 3.52. The van der Waals surface area contributed by atoms with Crippen LogP contribution < -0.4 is 0 Å². The van der Waals surface area contributed by atoms with Gasteiger partial charge in [-0.05, 0) is 13.3 Å². The van der Waals surface area contributed by atoms with E-state index < -0.39 is 0 Å². The molecule has 1 aliphatic heterocycles. The summed E-state index contributed by atoms with van der Waals surface area (Å²) in [4.78, 5) is 13.4. The fraction of sp³-hybridized carbons (Fsp3) is 0.917. The topological polar surface area (TPSA) is 38.8 Å². The maximum atomic E-state index is 11.0. The van der Waals surface area contributed by atoms with Crippen molar-refractivity contribution in [3.05, 3.63) is 0 Å². The molecule has 0 aliphatic carbocycles. The van der Waals surface area contributed by atoms with Crippen LogP contribution in [0.1, 0.15) is 27.2 Å². The van der Waals surface area contributed by atoms with Crippen LogP contribution in [0.2, 0.25) is 0 Å². The Bertz CT molecular complexity index is 232. The van der Waals surface area contributed by atoms with Crippen molar-refractivity contribution in [3.63, 3.8) is 0 Å². The first-order valence-electron chi connectivity index (χ1n) is 5.96. The van der Waals surface area contributed by atoms with Crippen LogP contribution in [0.5, 0.6) is 0 Å². The van der Waals surface area contributed by atoms with Crippen LogP contribution in [-0.2, 0) is 14.3 Å². The first kappa shape index (κ1) is 13.5. The van der Waals surface area contributed by atoms with Gasteiger partial charge in [-0.3, -0.25) is 9.69 Å². The lowest BCUT2D eigenvalue weighted by Crippen LogP contribution is -2.50. The number of carbonyl (C=O) groups excluding carboxylic acids is 1. The second-order valence-corrected chi connectivity index (χ2v) is 4.57. The van der Waals surface area contributed by atoms with Gasteiger partial charge in [-0.1, -0.05) is 6.92 Å². The molecule has 0 N–H and O–H groups in total. The Labute approximate surface area is 97.9 Å². The van der Waals surface area contributed by atoms with E-state index in [0.29, 0.717) is 12.0 Å². The number of hydrogen-bond donors (Lipinski definition) is 0.